The molecule has 1 aromatic carbocycles. The van der Waals surface area contributed by atoms with E-state index in [2.05, 4.69) is 6.92 Å². The van der Waals surface area contributed by atoms with E-state index in [1.54, 1.807) is 0 Å². The van der Waals surface area contributed by atoms with Crippen LogP contribution in [-0.4, -0.2) is 12.1 Å². The summed E-state index contributed by atoms with van der Waals surface area (Å²) in [6.07, 6.45) is 17.8. The Bertz CT molecular complexity index is 518. The Balaban J connectivity index is 1.51. The molecule has 0 saturated carbocycles. The molecule has 1 heterocycles. The minimum absolute atomic E-state index is 0.0197. The lowest BCUT2D eigenvalue weighted by atomic mass is 9.96. The van der Waals surface area contributed by atoms with Gasteiger partial charge in [-0.15, -0.1) is 0 Å². The first kappa shape index (κ1) is 19.8. The third-order valence-corrected chi connectivity index (χ3v) is 5.02. The fourth-order valence-electron chi connectivity index (χ4n) is 3.42. The van der Waals surface area contributed by atoms with Crippen molar-refractivity contribution in [2.24, 2.45) is 0 Å². The number of carbonyl (C=O) groups is 1. The van der Waals surface area contributed by atoms with Crippen molar-refractivity contribution in [1.82, 2.24) is 0 Å². The number of rotatable bonds is 13. The molecule has 1 saturated heterocycles. The standard InChI is InChI=1S/C23H34O2/c1-2-3-4-5-6-7-8-9-10-11-15-18-22-21(23(24)25-22)19-20-16-13-12-14-17-20/h12-14,16-17,19,22H,2-11,15,18H2,1H3/b21-19-. The molecular formula is C23H34O2. The van der Waals surface area contributed by atoms with Crippen molar-refractivity contribution in [2.45, 2.75) is 90.1 Å². The Labute approximate surface area is 153 Å². The van der Waals surface area contributed by atoms with Crippen molar-refractivity contribution in [1.29, 1.82) is 0 Å². The number of cyclic esters (lactones) is 1. The van der Waals surface area contributed by atoms with Gasteiger partial charge in [0.25, 0.3) is 0 Å². The third-order valence-electron chi connectivity index (χ3n) is 5.02. The Morgan fingerprint density at radius 3 is 1.96 bits per heavy atom. The molecule has 0 spiro atoms. The summed E-state index contributed by atoms with van der Waals surface area (Å²) in [5, 5.41) is 0. The maximum Gasteiger partial charge on any atom is 0.338 e. The monoisotopic (exact) mass is 342 g/mol. The average Bonchev–Trinajstić information content (AvgIpc) is 2.64. The van der Waals surface area contributed by atoms with Crippen LogP contribution in [-0.2, 0) is 9.53 Å². The van der Waals surface area contributed by atoms with Gasteiger partial charge in [-0.1, -0.05) is 101 Å². The molecular weight excluding hydrogens is 308 g/mol. The van der Waals surface area contributed by atoms with Crippen LogP contribution < -0.4 is 0 Å². The molecule has 1 aliphatic heterocycles. The molecule has 25 heavy (non-hydrogen) atoms. The lowest BCUT2D eigenvalue weighted by Crippen LogP contribution is -2.36. The summed E-state index contributed by atoms with van der Waals surface area (Å²) in [5.41, 5.74) is 1.93. The maximum atomic E-state index is 11.7. The molecule has 0 bridgehead atoms. The predicted molar refractivity (Wildman–Crippen MR) is 105 cm³/mol. The molecule has 2 heteroatoms. The van der Waals surface area contributed by atoms with Gasteiger partial charge in [-0.3, -0.25) is 0 Å². The van der Waals surface area contributed by atoms with E-state index >= 15 is 0 Å². The lowest BCUT2D eigenvalue weighted by molar-refractivity contribution is -0.156. The van der Waals surface area contributed by atoms with E-state index < -0.39 is 0 Å². The Hall–Kier alpha value is -1.57. The minimum atomic E-state index is -0.142. The second-order valence-electron chi connectivity index (χ2n) is 7.23. The molecule has 0 amide bonds. The first-order valence-electron chi connectivity index (χ1n) is 10.3. The fourth-order valence-corrected chi connectivity index (χ4v) is 3.42. The summed E-state index contributed by atoms with van der Waals surface area (Å²) in [5.74, 6) is -0.142. The summed E-state index contributed by atoms with van der Waals surface area (Å²) in [6, 6.07) is 10.0. The zero-order valence-electron chi connectivity index (χ0n) is 15.8. The normalized spacial score (nSPS) is 18.2. The lowest BCUT2D eigenvalue weighted by Gasteiger charge is -2.29. The summed E-state index contributed by atoms with van der Waals surface area (Å²) in [7, 11) is 0. The third kappa shape index (κ3) is 7.46. The highest BCUT2D eigenvalue weighted by Gasteiger charge is 2.34. The summed E-state index contributed by atoms with van der Waals surface area (Å²) < 4.78 is 5.31. The molecule has 0 aromatic heterocycles. The number of carbonyl (C=O) groups excluding carboxylic acids is 1. The highest BCUT2D eigenvalue weighted by Crippen LogP contribution is 2.28. The second kappa shape index (κ2) is 11.9. The zero-order valence-corrected chi connectivity index (χ0v) is 15.8. The van der Waals surface area contributed by atoms with E-state index in [-0.39, 0.29) is 12.1 Å². The van der Waals surface area contributed by atoms with Gasteiger partial charge in [0.15, 0.2) is 0 Å². The molecule has 1 fully saturated rings. The van der Waals surface area contributed by atoms with Crippen molar-refractivity contribution in [2.75, 3.05) is 0 Å². The number of hydrogen-bond donors (Lipinski definition) is 0. The van der Waals surface area contributed by atoms with Gasteiger partial charge in [0.1, 0.15) is 6.10 Å². The van der Waals surface area contributed by atoms with Gasteiger partial charge >= 0.3 is 5.97 Å². The van der Waals surface area contributed by atoms with Crippen LogP contribution in [0.5, 0.6) is 0 Å². The van der Waals surface area contributed by atoms with E-state index in [0.717, 1.165) is 24.0 Å². The Kier molecular flexibility index (Phi) is 9.40. The van der Waals surface area contributed by atoms with Gasteiger partial charge < -0.3 is 4.74 Å². The number of unbranched alkanes of at least 4 members (excludes halogenated alkanes) is 10. The van der Waals surface area contributed by atoms with E-state index in [1.165, 1.54) is 64.2 Å². The topological polar surface area (TPSA) is 26.3 Å². The van der Waals surface area contributed by atoms with Gasteiger partial charge in [-0.25, -0.2) is 4.79 Å². The molecule has 1 unspecified atom stereocenters. The van der Waals surface area contributed by atoms with Crippen LogP contribution in [0.4, 0.5) is 0 Å². The Morgan fingerprint density at radius 2 is 1.40 bits per heavy atom. The van der Waals surface area contributed by atoms with E-state index in [4.69, 9.17) is 4.74 Å². The van der Waals surface area contributed by atoms with Gasteiger partial charge in [0.05, 0.1) is 5.57 Å². The molecule has 0 N–H and O–H groups in total. The van der Waals surface area contributed by atoms with E-state index in [0.29, 0.717) is 0 Å². The second-order valence-corrected chi connectivity index (χ2v) is 7.23. The maximum absolute atomic E-state index is 11.7. The van der Waals surface area contributed by atoms with Crippen LogP contribution in [0.15, 0.2) is 35.9 Å². The van der Waals surface area contributed by atoms with Crippen molar-refractivity contribution in [3.8, 4) is 0 Å². The van der Waals surface area contributed by atoms with E-state index in [1.807, 2.05) is 36.4 Å². The van der Waals surface area contributed by atoms with Crippen LogP contribution in [0.2, 0.25) is 0 Å². The largest absolute Gasteiger partial charge is 0.454 e. The van der Waals surface area contributed by atoms with Gasteiger partial charge in [-0.05, 0) is 24.5 Å². The van der Waals surface area contributed by atoms with Gasteiger partial charge in [0, 0.05) is 0 Å². The molecule has 0 aliphatic carbocycles. The first-order valence-corrected chi connectivity index (χ1v) is 10.3. The predicted octanol–water partition coefficient (Wildman–Crippen LogP) is 6.70. The quantitative estimate of drug-likeness (QED) is 0.226. The average molecular weight is 343 g/mol. The fraction of sp³-hybridized carbons (Fsp3) is 0.609. The van der Waals surface area contributed by atoms with Crippen molar-refractivity contribution in [3.05, 3.63) is 41.5 Å². The van der Waals surface area contributed by atoms with Crippen LogP contribution in [0, 0.1) is 0 Å². The molecule has 0 radical (unpaired) electrons. The number of hydrogen-bond acceptors (Lipinski definition) is 2. The summed E-state index contributed by atoms with van der Waals surface area (Å²) in [6.45, 7) is 2.27. The van der Waals surface area contributed by atoms with Crippen LogP contribution in [0.3, 0.4) is 0 Å². The smallest absolute Gasteiger partial charge is 0.338 e. The van der Waals surface area contributed by atoms with E-state index in [9.17, 15) is 4.79 Å². The van der Waals surface area contributed by atoms with Crippen molar-refractivity contribution in [3.63, 3.8) is 0 Å². The number of esters is 1. The zero-order chi connectivity index (χ0) is 17.7. The molecule has 138 valence electrons. The molecule has 2 nitrogen and oxygen atoms in total. The highest BCUT2D eigenvalue weighted by molar-refractivity contribution is 6.00. The van der Waals surface area contributed by atoms with Gasteiger partial charge in [0.2, 0.25) is 0 Å². The summed E-state index contributed by atoms with van der Waals surface area (Å²) in [4.78, 5) is 11.7. The Morgan fingerprint density at radius 1 is 0.840 bits per heavy atom. The molecule has 1 atom stereocenters. The SMILES string of the molecule is CCCCCCCCCCCCCC1OC(=O)/C1=C\c1ccccc1. The van der Waals surface area contributed by atoms with Crippen LogP contribution >= 0.6 is 0 Å². The van der Waals surface area contributed by atoms with Crippen LogP contribution in [0.1, 0.15) is 89.5 Å². The van der Waals surface area contributed by atoms with Crippen molar-refractivity contribution < 1.29 is 9.53 Å². The molecule has 1 aliphatic rings. The number of ether oxygens (including phenoxy) is 1. The van der Waals surface area contributed by atoms with Crippen LogP contribution in [0.25, 0.3) is 6.08 Å². The minimum Gasteiger partial charge on any atom is -0.454 e. The highest BCUT2D eigenvalue weighted by atomic mass is 16.6. The van der Waals surface area contributed by atoms with Gasteiger partial charge in [-0.2, -0.15) is 0 Å². The first-order chi connectivity index (χ1) is 12.3. The molecule has 2 rings (SSSR count). The summed E-state index contributed by atoms with van der Waals surface area (Å²) >= 11 is 0. The number of benzene rings is 1. The molecule has 1 aromatic rings. The van der Waals surface area contributed by atoms with Crippen molar-refractivity contribution >= 4 is 12.0 Å².